The Morgan fingerprint density at radius 1 is 1.08 bits per heavy atom. The first kappa shape index (κ1) is 22.3. The van der Waals surface area contributed by atoms with E-state index >= 15 is 0 Å². The van der Waals surface area contributed by atoms with Crippen LogP contribution in [-0.4, -0.2) is 47.1 Å². The van der Waals surface area contributed by atoms with Crippen LogP contribution in [0.5, 0.6) is 0 Å². The van der Waals surface area contributed by atoms with Crippen LogP contribution in [-0.2, 0) is 13.0 Å². The van der Waals surface area contributed by atoms with Crippen LogP contribution in [0.2, 0.25) is 0 Å². The fourth-order valence-electron chi connectivity index (χ4n) is 4.38. The van der Waals surface area contributed by atoms with Gasteiger partial charge >= 0.3 is 5.69 Å². The second kappa shape index (κ2) is 9.11. The van der Waals surface area contributed by atoms with E-state index in [2.05, 4.69) is 41.3 Å². The highest BCUT2D eigenvalue weighted by molar-refractivity contribution is 5.97. The van der Waals surface area contributed by atoms with Gasteiger partial charge < -0.3 is 15.2 Å². The molecule has 184 valence electrons. The predicted molar refractivity (Wildman–Crippen MR) is 128 cm³/mol. The van der Waals surface area contributed by atoms with Crippen LogP contribution < -0.4 is 16.3 Å². The number of aromatic nitrogens is 7. The van der Waals surface area contributed by atoms with Gasteiger partial charge in [0.05, 0.1) is 17.9 Å². The molecule has 0 spiro atoms. The maximum absolute atomic E-state index is 12.9. The third-order valence-corrected chi connectivity index (χ3v) is 6.23. The third-order valence-electron chi connectivity index (χ3n) is 6.23. The number of tetrazole rings is 1. The smallest absolute Gasteiger partial charge is 0.356 e. The summed E-state index contributed by atoms with van der Waals surface area (Å²) in [5.41, 5.74) is 3.75. The van der Waals surface area contributed by atoms with Gasteiger partial charge in [-0.3, -0.25) is 9.59 Å². The number of hydrogen-bond donors (Lipinski definition) is 3. The number of aromatic amines is 1. The molecule has 0 radical (unpaired) electrons. The fraction of sp³-hybridized carbons (Fsp3) is 0.167. The number of rotatable bonds is 6. The summed E-state index contributed by atoms with van der Waals surface area (Å²) in [5.74, 6) is -0.849. The Labute approximate surface area is 207 Å². The number of aryl methyl sites for hydroxylation is 1. The highest BCUT2D eigenvalue weighted by Crippen LogP contribution is 2.32. The van der Waals surface area contributed by atoms with Gasteiger partial charge in [0, 0.05) is 18.0 Å². The molecule has 0 bridgehead atoms. The Morgan fingerprint density at radius 2 is 1.95 bits per heavy atom. The van der Waals surface area contributed by atoms with E-state index in [1.807, 2.05) is 24.3 Å². The topological polar surface area (TPSA) is 174 Å². The van der Waals surface area contributed by atoms with Crippen molar-refractivity contribution in [1.29, 1.82) is 0 Å². The summed E-state index contributed by atoms with van der Waals surface area (Å²) >= 11 is 0. The van der Waals surface area contributed by atoms with Gasteiger partial charge in [0.25, 0.3) is 11.8 Å². The molecule has 5 aromatic rings. The summed E-state index contributed by atoms with van der Waals surface area (Å²) in [7, 11) is 0. The normalized spacial score (nSPS) is 14.4. The maximum Gasteiger partial charge on any atom is 0.365 e. The molecule has 3 N–H and O–H groups in total. The van der Waals surface area contributed by atoms with Crippen molar-refractivity contribution in [2.75, 3.05) is 0 Å². The van der Waals surface area contributed by atoms with Gasteiger partial charge in [0.1, 0.15) is 17.7 Å². The molecule has 1 atom stereocenters. The summed E-state index contributed by atoms with van der Waals surface area (Å²) in [4.78, 5) is 45.5. The number of carbonyl (C=O) groups excluding carboxylic acids is 2. The second-order valence-corrected chi connectivity index (χ2v) is 8.54. The van der Waals surface area contributed by atoms with Crippen molar-refractivity contribution in [3.8, 4) is 5.69 Å². The Morgan fingerprint density at radius 3 is 2.78 bits per heavy atom. The van der Waals surface area contributed by atoms with Crippen LogP contribution in [0.3, 0.4) is 0 Å². The maximum atomic E-state index is 12.9. The highest BCUT2D eigenvalue weighted by atomic mass is 16.5. The molecule has 3 heterocycles. The van der Waals surface area contributed by atoms with Crippen molar-refractivity contribution in [3.05, 3.63) is 93.6 Å². The van der Waals surface area contributed by atoms with E-state index in [9.17, 15) is 14.4 Å². The molecule has 13 heteroatoms. The van der Waals surface area contributed by atoms with Gasteiger partial charge in [0.15, 0.2) is 5.58 Å². The first-order chi connectivity index (χ1) is 18.0. The molecule has 37 heavy (non-hydrogen) atoms. The van der Waals surface area contributed by atoms with Gasteiger partial charge in [-0.05, 0) is 64.2 Å². The first-order valence-corrected chi connectivity index (χ1v) is 11.4. The Hall–Kier alpha value is -5.20. The molecular formula is C24H19N9O4. The molecule has 13 nitrogen and oxygen atoms in total. The van der Waals surface area contributed by atoms with E-state index < -0.39 is 17.5 Å². The molecule has 2 amide bonds. The predicted octanol–water partition coefficient (Wildman–Crippen LogP) is 1.23. The zero-order valence-electron chi connectivity index (χ0n) is 19.2. The molecule has 6 rings (SSSR count). The average Bonchev–Trinajstić information content (AvgIpc) is 3.66. The number of carbonyl (C=O) groups is 2. The molecule has 3 aromatic heterocycles. The summed E-state index contributed by atoms with van der Waals surface area (Å²) in [5, 5.41) is 19.9. The molecular weight excluding hydrogens is 478 g/mol. The minimum atomic E-state index is -0.434. The fourth-order valence-corrected chi connectivity index (χ4v) is 4.38. The minimum Gasteiger partial charge on any atom is -0.356 e. The Kier molecular flexibility index (Phi) is 5.48. The first-order valence-electron chi connectivity index (χ1n) is 11.4. The van der Waals surface area contributed by atoms with E-state index in [4.69, 9.17) is 4.52 Å². The molecule has 1 aliphatic carbocycles. The molecule has 0 unspecified atom stereocenters. The van der Waals surface area contributed by atoms with Crippen molar-refractivity contribution in [3.63, 3.8) is 0 Å². The minimum absolute atomic E-state index is 0.0791. The zero-order chi connectivity index (χ0) is 25.4. The summed E-state index contributed by atoms with van der Waals surface area (Å²) < 4.78 is 6.32. The largest absolute Gasteiger partial charge is 0.365 e. The van der Waals surface area contributed by atoms with Gasteiger partial charge in [-0.1, -0.05) is 17.3 Å². The Balaban J connectivity index is 1.12. The SMILES string of the molecule is O=C(NCc1ccc2cnoc2c1)c1cc(C(=O)N[C@@H]2CCc3cc(-n4nn[nH]c4=O)ccc32)ncn1. The number of benzene rings is 2. The lowest BCUT2D eigenvalue weighted by Gasteiger charge is -2.14. The van der Waals surface area contributed by atoms with Crippen molar-refractivity contribution < 1.29 is 14.1 Å². The van der Waals surface area contributed by atoms with E-state index in [0.717, 1.165) is 28.5 Å². The molecule has 2 aromatic carbocycles. The number of fused-ring (bicyclic) bond motifs is 2. The molecule has 0 saturated carbocycles. The van der Waals surface area contributed by atoms with Crippen LogP contribution in [0.15, 0.2) is 64.3 Å². The third kappa shape index (κ3) is 4.33. The second-order valence-electron chi connectivity index (χ2n) is 8.54. The monoisotopic (exact) mass is 497 g/mol. The Bertz CT molecular complexity index is 1700. The van der Waals surface area contributed by atoms with Crippen LogP contribution in [0.1, 0.15) is 50.1 Å². The highest BCUT2D eigenvalue weighted by Gasteiger charge is 2.26. The van der Waals surface area contributed by atoms with Gasteiger partial charge in [-0.2, -0.15) is 4.68 Å². The number of amides is 2. The summed E-state index contributed by atoms with van der Waals surface area (Å²) in [6.07, 6.45) is 4.22. The van der Waals surface area contributed by atoms with Gasteiger partial charge in [-0.25, -0.2) is 19.9 Å². The van der Waals surface area contributed by atoms with E-state index in [-0.39, 0.29) is 24.0 Å². The number of hydrogen-bond acceptors (Lipinski definition) is 9. The zero-order valence-corrected chi connectivity index (χ0v) is 19.2. The van der Waals surface area contributed by atoms with Gasteiger partial charge in [0.2, 0.25) is 0 Å². The molecule has 0 aliphatic heterocycles. The molecule has 1 aliphatic rings. The summed E-state index contributed by atoms with van der Waals surface area (Å²) in [6.45, 7) is 0.252. The van der Waals surface area contributed by atoms with Crippen LogP contribution in [0, 0.1) is 0 Å². The molecule has 0 fully saturated rings. The molecule has 0 saturated heterocycles. The van der Waals surface area contributed by atoms with Crippen molar-refractivity contribution >= 4 is 22.8 Å². The average molecular weight is 497 g/mol. The van der Waals surface area contributed by atoms with E-state index in [1.165, 1.54) is 17.1 Å². The lowest BCUT2D eigenvalue weighted by Crippen LogP contribution is -2.29. The number of nitrogens with zero attached hydrogens (tertiary/aromatic N) is 6. The summed E-state index contributed by atoms with van der Waals surface area (Å²) in [6, 6.07) is 12.1. The van der Waals surface area contributed by atoms with E-state index in [0.29, 0.717) is 17.7 Å². The van der Waals surface area contributed by atoms with Crippen molar-refractivity contribution in [2.45, 2.75) is 25.4 Å². The lowest BCUT2D eigenvalue weighted by atomic mass is 10.1. The lowest BCUT2D eigenvalue weighted by molar-refractivity contribution is 0.0931. The number of nitrogens with one attached hydrogen (secondary N) is 3. The van der Waals surface area contributed by atoms with Crippen LogP contribution in [0.25, 0.3) is 16.7 Å². The number of H-pyrrole nitrogens is 1. The van der Waals surface area contributed by atoms with Crippen LogP contribution in [0.4, 0.5) is 0 Å². The van der Waals surface area contributed by atoms with Gasteiger partial charge in [-0.15, -0.1) is 0 Å². The standard InChI is InChI=1S/C24H19N9O4/c34-22(25-10-13-1-2-15-11-28-37-21(15)7-13)19-9-20(27-12-26-19)23(35)29-18-6-3-14-8-16(4-5-17(14)18)33-24(36)30-31-32-33/h1-2,4-5,7-9,11-12,18H,3,6,10H2,(H,25,34)(H,29,35)(H,30,32,36)/t18-/m1/s1. The van der Waals surface area contributed by atoms with Crippen molar-refractivity contribution in [1.82, 2.24) is 46.0 Å². The van der Waals surface area contributed by atoms with Crippen LogP contribution >= 0.6 is 0 Å². The van der Waals surface area contributed by atoms with Crippen molar-refractivity contribution in [2.24, 2.45) is 0 Å². The van der Waals surface area contributed by atoms with E-state index in [1.54, 1.807) is 18.3 Å². The quantitative estimate of drug-likeness (QED) is 0.312.